The molecule has 0 radical (unpaired) electrons. The van der Waals surface area contributed by atoms with Gasteiger partial charge < -0.3 is 9.47 Å². The van der Waals surface area contributed by atoms with Crippen molar-refractivity contribution in [1.29, 1.82) is 0 Å². The first kappa shape index (κ1) is 16.8. The fourth-order valence-corrected chi connectivity index (χ4v) is 4.26. The van der Waals surface area contributed by atoms with Gasteiger partial charge in [-0.2, -0.15) is 5.10 Å². The molecule has 2 fully saturated rings. The molecule has 2 aliphatic heterocycles. The molecule has 8 nitrogen and oxygen atoms in total. The Morgan fingerprint density at radius 3 is 2.78 bits per heavy atom. The topological polar surface area (TPSA) is 85.7 Å². The van der Waals surface area contributed by atoms with E-state index in [0.29, 0.717) is 6.61 Å². The molecule has 0 bridgehead atoms. The Labute approximate surface area is 136 Å². The van der Waals surface area contributed by atoms with Gasteiger partial charge in [0, 0.05) is 26.3 Å². The Balaban J connectivity index is 1.74. The second-order valence-corrected chi connectivity index (χ2v) is 7.96. The van der Waals surface area contributed by atoms with Crippen molar-refractivity contribution >= 4 is 10.0 Å². The van der Waals surface area contributed by atoms with Crippen molar-refractivity contribution in [3.8, 4) is 0 Å². The number of aryl methyl sites for hydroxylation is 1. The van der Waals surface area contributed by atoms with Crippen LogP contribution in [-0.2, 0) is 26.5 Å². The molecular weight excluding hydrogens is 320 g/mol. The Morgan fingerprint density at radius 2 is 2.22 bits per heavy atom. The molecule has 3 rings (SSSR count). The number of hydrogen-bond donors (Lipinski definition) is 1. The van der Waals surface area contributed by atoms with Gasteiger partial charge >= 0.3 is 0 Å². The summed E-state index contributed by atoms with van der Waals surface area (Å²) in [5, 5.41) is 3.79. The number of morpholine rings is 1. The molecule has 0 aromatic carbocycles. The number of sulfonamides is 1. The molecule has 2 saturated heterocycles. The SMILES string of the molecule is CCN1CCO[C@@H](CNS(=O)(=O)C2COC2)[C@@H]1c1ccnn1C. The Kier molecular flexibility index (Phi) is 5.02. The first-order chi connectivity index (χ1) is 11.0. The van der Waals surface area contributed by atoms with Crippen LogP contribution >= 0.6 is 0 Å². The molecule has 0 spiro atoms. The second kappa shape index (κ2) is 6.86. The van der Waals surface area contributed by atoms with E-state index >= 15 is 0 Å². The number of ether oxygens (including phenoxy) is 2. The quantitative estimate of drug-likeness (QED) is 0.749. The van der Waals surface area contributed by atoms with Gasteiger partial charge in [0.15, 0.2) is 0 Å². The van der Waals surface area contributed by atoms with Crippen LogP contribution in [0.25, 0.3) is 0 Å². The van der Waals surface area contributed by atoms with Gasteiger partial charge in [-0.1, -0.05) is 6.92 Å². The Morgan fingerprint density at radius 1 is 1.43 bits per heavy atom. The third-order valence-electron chi connectivity index (χ3n) is 4.56. The van der Waals surface area contributed by atoms with Gasteiger partial charge in [-0.25, -0.2) is 13.1 Å². The predicted molar refractivity (Wildman–Crippen MR) is 84.5 cm³/mol. The van der Waals surface area contributed by atoms with E-state index in [1.165, 1.54) is 0 Å². The van der Waals surface area contributed by atoms with Crippen molar-refractivity contribution in [3.05, 3.63) is 18.0 Å². The number of nitrogens with zero attached hydrogens (tertiary/aromatic N) is 3. The number of nitrogens with one attached hydrogen (secondary N) is 1. The van der Waals surface area contributed by atoms with E-state index in [2.05, 4.69) is 21.6 Å². The van der Waals surface area contributed by atoms with Crippen LogP contribution < -0.4 is 4.72 Å². The summed E-state index contributed by atoms with van der Waals surface area (Å²) in [7, 11) is -1.45. The van der Waals surface area contributed by atoms with E-state index in [1.54, 1.807) is 6.20 Å². The largest absolute Gasteiger partial charge is 0.378 e. The zero-order chi connectivity index (χ0) is 16.4. The summed E-state index contributed by atoms with van der Waals surface area (Å²) in [6.45, 7) is 5.19. The highest BCUT2D eigenvalue weighted by atomic mass is 32.2. The molecule has 2 aliphatic rings. The summed E-state index contributed by atoms with van der Waals surface area (Å²) in [6.07, 6.45) is 1.51. The summed E-state index contributed by atoms with van der Waals surface area (Å²) in [6, 6.07) is 1.95. The zero-order valence-electron chi connectivity index (χ0n) is 13.5. The van der Waals surface area contributed by atoms with E-state index in [1.807, 2.05) is 17.8 Å². The van der Waals surface area contributed by atoms with Crippen LogP contribution in [0.1, 0.15) is 18.7 Å². The Hall–Kier alpha value is -1.00. The van der Waals surface area contributed by atoms with Crippen LogP contribution in [0.4, 0.5) is 0 Å². The molecule has 130 valence electrons. The maximum atomic E-state index is 12.2. The average molecular weight is 344 g/mol. The summed E-state index contributed by atoms with van der Waals surface area (Å²) in [5.74, 6) is 0. The van der Waals surface area contributed by atoms with E-state index in [-0.39, 0.29) is 31.9 Å². The summed E-state index contributed by atoms with van der Waals surface area (Å²) >= 11 is 0. The van der Waals surface area contributed by atoms with Crippen LogP contribution in [0.5, 0.6) is 0 Å². The number of aromatic nitrogens is 2. The van der Waals surface area contributed by atoms with E-state index < -0.39 is 15.3 Å². The van der Waals surface area contributed by atoms with E-state index in [4.69, 9.17) is 9.47 Å². The lowest BCUT2D eigenvalue weighted by atomic mass is 10.0. The van der Waals surface area contributed by atoms with Crippen LogP contribution in [0.3, 0.4) is 0 Å². The molecular formula is C14H24N4O4S. The van der Waals surface area contributed by atoms with Crippen molar-refractivity contribution in [3.63, 3.8) is 0 Å². The van der Waals surface area contributed by atoms with Crippen LogP contribution in [0.15, 0.2) is 12.3 Å². The second-order valence-electron chi connectivity index (χ2n) is 5.92. The van der Waals surface area contributed by atoms with Gasteiger partial charge in [0.05, 0.1) is 37.7 Å². The molecule has 23 heavy (non-hydrogen) atoms. The van der Waals surface area contributed by atoms with Crippen molar-refractivity contribution in [2.24, 2.45) is 7.05 Å². The highest BCUT2D eigenvalue weighted by Crippen LogP contribution is 2.29. The highest BCUT2D eigenvalue weighted by Gasteiger charge is 2.37. The van der Waals surface area contributed by atoms with Gasteiger partial charge in [0.25, 0.3) is 0 Å². The minimum absolute atomic E-state index is 0.0124. The van der Waals surface area contributed by atoms with E-state index in [0.717, 1.165) is 18.8 Å². The predicted octanol–water partition coefficient (Wildman–Crippen LogP) is -0.500. The van der Waals surface area contributed by atoms with Crippen LogP contribution in [0.2, 0.25) is 0 Å². The number of hydrogen-bond acceptors (Lipinski definition) is 6. The maximum absolute atomic E-state index is 12.2. The highest BCUT2D eigenvalue weighted by molar-refractivity contribution is 7.90. The molecule has 9 heteroatoms. The number of likely N-dealkylation sites (N-methyl/N-ethyl adjacent to an activating group) is 1. The summed E-state index contributed by atoms with van der Waals surface area (Å²) in [5.41, 5.74) is 1.03. The third kappa shape index (κ3) is 3.43. The standard InChI is InChI=1S/C14H24N4O4S/c1-3-18-6-7-22-13(14(18)12-4-5-15-17(12)2)8-16-23(19,20)11-9-21-10-11/h4-5,11,13-14,16H,3,6-10H2,1-2H3/t13-,14-/m0/s1. The van der Waals surface area contributed by atoms with Gasteiger partial charge in [0.2, 0.25) is 10.0 Å². The molecule has 0 unspecified atom stereocenters. The van der Waals surface area contributed by atoms with Crippen molar-refractivity contribution < 1.29 is 17.9 Å². The summed E-state index contributed by atoms with van der Waals surface area (Å²) < 4.78 is 39.8. The molecule has 2 atom stereocenters. The molecule has 3 heterocycles. The van der Waals surface area contributed by atoms with E-state index in [9.17, 15) is 8.42 Å². The van der Waals surface area contributed by atoms with Gasteiger partial charge in [-0.15, -0.1) is 0 Å². The van der Waals surface area contributed by atoms with Crippen molar-refractivity contribution in [2.45, 2.75) is 24.3 Å². The lowest BCUT2D eigenvalue weighted by Gasteiger charge is -2.41. The lowest BCUT2D eigenvalue weighted by Crippen LogP contribution is -2.53. The first-order valence-electron chi connectivity index (χ1n) is 7.92. The maximum Gasteiger partial charge on any atom is 0.219 e. The Bertz CT molecular complexity index is 628. The van der Waals surface area contributed by atoms with Crippen molar-refractivity contribution in [1.82, 2.24) is 19.4 Å². The fourth-order valence-electron chi connectivity index (χ4n) is 3.07. The summed E-state index contributed by atoms with van der Waals surface area (Å²) in [4.78, 5) is 2.30. The van der Waals surface area contributed by atoms with Gasteiger partial charge in [0.1, 0.15) is 5.25 Å². The average Bonchev–Trinajstić information content (AvgIpc) is 2.88. The zero-order valence-corrected chi connectivity index (χ0v) is 14.3. The molecule has 0 amide bonds. The normalized spacial score (nSPS) is 27.0. The minimum Gasteiger partial charge on any atom is -0.378 e. The van der Waals surface area contributed by atoms with Gasteiger partial charge in [-0.3, -0.25) is 9.58 Å². The monoisotopic (exact) mass is 344 g/mol. The smallest absolute Gasteiger partial charge is 0.219 e. The van der Waals surface area contributed by atoms with Crippen LogP contribution in [0, 0.1) is 0 Å². The van der Waals surface area contributed by atoms with Gasteiger partial charge in [-0.05, 0) is 12.6 Å². The molecule has 0 aliphatic carbocycles. The lowest BCUT2D eigenvalue weighted by molar-refractivity contribution is -0.0698. The molecule has 1 aromatic rings. The first-order valence-corrected chi connectivity index (χ1v) is 9.47. The molecule has 1 N–H and O–H groups in total. The third-order valence-corrected chi connectivity index (χ3v) is 6.27. The van der Waals surface area contributed by atoms with Crippen LogP contribution in [-0.4, -0.2) is 73.9 Å². The molecule has 1 aromatic heterocycles. The minimum atomic E-state index is -3.35. The molecule has 0 saturated carbocycles. The van der Waals surface area contributed by atoms with Crippen molar-refractivity contribution in [2.75, 3.05) is 39.5 Å². The number of rotatable bonds is 6. The fraction of sp³-hybridized carbons (Fsp3) is 0.786.